The zero-order valence-corrected chi connectivity index (χ0v) is 43.7. The Bertz CT molecular complexity index is 1460. The number of methoxy groups -OCH3 is 1. The molecule has 2 aromatic carbocycles. The van der Waals surface area contributed by atoms with Crippen molar-refractivity contribution in [3.05, 3.63) is 65.7 Å². The molecule has 0 spiro atoms. The number of aliphatic hydroxyl groups excluding tert-OH is 2. The van der Waals surface area contributed by atoms with Crippen LogP contribution >= 0.6 is 0 Å². The predicted molar refractivity (Wildman–Crippen MR) is 254 cm³/mol. The minimum Gasteiger partial charge on any atom is -0.497 e. The normalized spacial score (nSPS) is 17.2. The van der Waals surface area contributed by atoms with Gasteiger partial charge in [-0.25, -0.2) is 0 Å². The van der Waals surface area contributed by atoms with Crippen LogP contribution in [0, 0.1) is 5.92 Å². The highest BCUT2D eigenvalue weighted by Crippen LogP contribution is 2.43. The second-order valence-corrected chi connectivity index (χ2v) is 36.0. The molecular formula is C48H88O8Si3. The van der Waals surface area contributed by atoms with E-state index in [1.165, 1.54) is 0 Å². The van der Waals surface area contributed by atoms with Gasteiger partial charge in [0.25, 0.3) is 0 Å². The number of hydrogen-bond donors (Lipinski definition) is 2. The van der Waals surface area contributed by atoms with Crippen molar-refractivity contribution in [3.8, 4) is 5.75 Å². The summed E-state index contributed by atoms with van der Waals surface area (Å²) in [5.74, 6) is 0.556. The van der Waals surface area contributed by atoms with Gasteiger partial charge in [-0.3, -0.25) is 0 Å². The van der Waals surface area contributed by atoms with Crippen LogP contribution in [0.2, 0.25) is 54.4 Å². The molecular weight excluding hydrogens is 789 g/mol. The topological polar surface area (TPSA) is 95.8 Å². The van der Waals surface area contributed by atoms with E-state index in [2.05, 4.69) is 121 Å². The molecule has 0 aliphatic heterocycles. The Morgan fingerprint density at radius 2 is 1.07 bits per heavy atom. The van der Waals surface area contributed by atoms with Crippen LogP contribution < -0.4 is 4.74 Å². The Hall–Kier alpha value is -1.39. The first kappa shape index (κ1) is 53.7. The van der Waals surface area contributed by atoms with Crippen LogP contribution in [0.3, 0.4) is 0 Å². The minimum absolute atomic E-state index is 0.00311. The third kappa shape index (κ3) is 17.7. The van der Waals surface area contributed by atoms with Crippen molar-refractivity contribution < 1.29 is 37.7 Å². The van der Waals surface area contributed by atoms with Gasteiger partial charge in [-0.15, -0.1) is 0 Å². The summed E-state index contributed by atoms with van der Waals surface area (Å²) < 4.78 is 39.4. The zero-order chi connectivity index (χ0) is 45.0. The van der Waals surface area contributed by atoms with Crippen LogP contribution in [0.4, 0.5) is 0 Å². The lowest BCUT2D eigenvalue weighted by atomic mass is 9.89. The van der Waals surface area contributed by atoms with Gasteiger partial charge in [0.15, 0.2) is 25.0 Å². The lowest BCUT2D eigenvalue weighted by molar-refractivity contribution is -0.0585. The highest BCUT2D eigenvalue weighted by atomic mass is 28.4. The molecule has 0 heterocycles. The molecule has 2 rings (SSSR count). The molecule has 0 aliphatic rings. The first-order valence-electron chi connectivity index (χ1n) is 22.3. The Morgan fingerprint density at radius 3 is 1.58 bits per heavy atom. The fourth-order valence-electron chi connectivity index (χ4n) is 6.25. The smallest absolute Gasteiger partial charge is 0.192 e. The Balaban J connectivity index is 2.33. The summed E-state index contributed by atoms with van der Waals surface area (Å²) in [5, 5.41) is 23.8. The third-order valence-electron chi connectivity index (χ3n) is 13.5. The molecule has 11 heteroatoms. The number of hydrogen-bond acceptors (Lipinski definition) is 8. The van der Waals surface area contributed by atoms with Gasteiger partial charge in [0, 0.05) is 19.1 Å². The van der Waals surface area contributed by atoms with Gasteiger partial charge >= 0.3 is 0 Å². The van der Waals surface area contributed by atoms with Crippen LogP contribution in [0.15, 0.2) is 54.6 Å². The average molecular weight is 877 g/mol. The number of ether oxygens (including phenoxy) is 3. The van der Waals surface area contributed by atoms with Crippen molar-refractivity contribution in [1.29, 1.82) is 0 Å². The van der Waals surface area contributed by atoms with E-state index in [0.29, 0.717) is 39.1 Å². The molecule has 0 aromatic heterocycles. The molecule has 0 saturated heterocycles. The zero-order valence-electron chi connectivity index (χ0n) is 40.7. The largest absolute Gasteiger partial charge is 0.497 e. The summed E-state index contributed by atoms with van der Waals surface area (Å²) in [5.41, 5.74) is 2.23. The van der Waals surface area contributed by atoms with Crippen molar-refractivity contribution in [3.63, 3.8) is 0 Å². The van der Waals surface area contributed by atoms with E-state index >= 15 is 0 Å². The van der Waals surface area contributed by atoms with Crippen LogP contribution in [0.5, 0.6) is 5.75 Å². The first-order chi connectivity index (χ1) is 27.0. The van der Waals surface area contributed by atoms with Gasteiger partial charge < -0.3 is 37.7 Å². The fraction of sp³-hybridized carbons (Fsp3) is 0.750. The van der Waals surface area contributed by atoms with E-state index in [0.717, 1.165) is 29.7 Å². The van der Waals surface area contributed by atoms with Gasteiger partial charge in [-0.1, -0.05) is 112 Å². The molecule has 8 nitrogen and oxygen atoms in total. The second kappa shape index (κ2) is 22.8. The highest BCUT2D eigenvalue weighted by molar-refractivity contribution is 6.75. The van der Waals surface area contributed by atoms with E-state index in [9.17, 15) is 10.2 Å². The molecule has 340 valence electrons. The predicted octanol–water partition coefficient (Wildman–Crippen LogP) is 12.3. The molecule has 59 heavy (non-hydrogen) atoms. The molecule has 2 aromatic rings. The molecule has 7 atom stereocenters. The number of aliphatic hydroxyl groups is 2. The summed E-state index contributed by atoms with van der Waals surface area (Å²) in [7, 11) is -5.06. The molecule has 0 saturated carbocycles. The van der Waals surface area contributed by atoms with Crippen LogP contribution in [-0.2, 0) is 36.0 Å². The number of rotatable bonds is 25. The lowest BCUT2D eigenvalue weighted by Gasteiger charge is -2.46. The molecule has 0 aliphatic carbocycles. The standard InChI is InChI=1S/C48H88O8Si3/c1-36(45(50)42(49)33-41(54-57(13,14)46(3,4)5)27-24-37(2)53-35-39-25-28-40(51-12)29-26-39)32-44(56-59(17,18)48(9,10)11)43(55-58(15,16)47(6,7)8)30-31-52-34-38-22-20-19-21-23-38/h19-23,25-26,28-29,36-37,41-45,49-50H,24,27,30-35H2,1-18H3/t36-,37?,41-,42-,43-,44-,45+/m0/s1. The summed E-state index contributed by atoms with van der Waals surface area (Å²) in [6.07, 6.45) is 0.349. The van der Waals surface area contributed by atoms with E-state index < -0.39 is 37.2 Å². The van der Waals surface area contributed by atoms with Crippen molar-refractivity contribution in [2.24, 2.45) is 5.92 Å². The van der Waals surface area contributed by atoms with E-state index in [-0.39, 0.29) is 45.4 Å². The van der Waals surface area contributed by atoms with Gasteiger partial charge in [0.2, 0.25) is 0 Å². The summed E-state index contributed by atoms with van der Waals surface area (Å²) in [4.78, 5) is 0. The van der Waals surface area contributed by atoms with Crippen molar-refractivity contribution in [2.75, 3.05) is 13.7 Å². The van der Waals surface area contributed by atoms with E-state index in [4.69, 9.17) is 27.5 Å². The van der Waals surface area contributed by atoms with Crippen molar-refractivity contribution in [1.82, 2.24) is 0 Å². The number of benzene rings is 2. The molecule has 0 fully saturated rings. The monoisotopic (exact) mass is 877 g/mol. The van der Waals surface area contributed by atoms with Gasteiger partial charge in [0.1, 0.15) is 5.75 Å². The van der Waals surface area contributed by atoms with E-state index in [1.807, 2.05) is 49.4 Å². The molecule has 2 N–H and O–H groups in total. The lowest BCUT2D eigenvalue weighted by Crippen LogP contribution is -2.53. The maximum absolute atomic E-state index is 12.0. The third-order valence-corrected chi connectivity index (χ3v) is 27.1. The maximum atomic E-state index is 12.0. The van der Waals surface area contributed by atoms with Crippen LogP contribution in [-0.4, -0.2) is 85.5 Å². The quantitative estimate of drug-likeness (QED) is 0.0752. The first-order valence-corrected chi connectivity index (χ1v) is 31.0. The minimum atomic E-state index is -2.29. The highest BCUT2D eigenvalue weighted by Gasteiger charge is 2.46. The SMILES string of the molecule is COc1ccc(COC(C)CC[C@@H](C[C@H](O)[C@H](O)[C@@H](C)C[C@H](O[Si](C)(C)C(C)(C)C)[C@H](CCOCc2ccccc2)O[Si](C)(C)C(C)(C)C)O[Si](C)(C)C(C)(C)C)cc1. The van der Waals surface area contributed by atoms with Crippen LogP contribution in [0.25, 0.3) is 0 Å². The Kier molecular flexibility index (Phi) is 20.8. The van der Waals surface area contributed by atoms with Crippen molar-refractivity contribution >= 4 is 25.0 Å². The summed E-state index contributed by atoms with van der Waals surface area (Å²) >= 11 is 0. The fourth-order valence-corrected chi connectivity index (χ4v) is 10.4. The molecule has 1 unspecified atom stereocenters. The van der Waals surface area contributed by atoms with Crippen LogP contribution in [0.1, 0.15) is 119 Å². The van der Waals surface area contributed by atoms with Gasteiger partial charge in [-0.2, -0.15) is 0 Å². The average Bonchev–Trinajstić information content (AvgIpc) is 3.12. The molecule has 0 bridgehead atoms. The van der Waals surface area contributed by atoms with E-state index in [1.54, 1.807) is 7.11 Å². The van der Waals surface area contributed by atoms with Gasteiger partial charge in [-0.05, 0) is 116 Å². The maximum Gasteiger partial charge on any atom is 0.192 e. The second-order valence-electron chi connectivity index (χ2n) is 21.7. The molecule has 0 amide bonds. The summed E-state index contributed by atoms with van der Waals surface area (Å²) in [6, 6.07) is 18.2. The van der Waals surface area contributed by atoms with Gasteiger partial charge in [0.05, 0.1) is 50.8 Å². The summed E-state index contributed by atoms with van der Waals surface area (Å²) in [6.45, 7) is 39.7. The Labute approximate surface area is 364 Å². The molecule has 0 radical (unpaired) electrons. The van der Waals surface area contributed by atoms with Crippen molar-refractivity contribution in [2.45, 2.75) is 212 Å². The Morgan fingerprint density at radius 1 is 0.576 bits per heavy atom.